The Morgan fingerprint density at radius 2 is 1.68 bits per heavy atom. The lowest BCUT2D eigenvalue weighted by Crippen LogP contribution is -2.36. The lowest BCUT2D eigenvalue weighted by Gasteiger charge is -2.30. The molecule has 5 nitrogen and oxygen atoms in total. The number of hydrogen-bond acceptors (Lipinski definition) is 3. The van der Waals surface area contributed by atoms with Gasteiger partial charge in [-0.2, -0.15) is 0 Å². The number of hydrogen-bond donors (Lipinski definition) is 1. The topological polar surface area (TPSA) is 58.6 Å². The predicted molar refractivity (Wildman–Crippen MR) is 146 cm³/mol. The maximum Gasteiger partial charge on any atom is 0.294 e. The number of benzene rings is 4. The maximum absolute atomic E-state index is 13.5. The van der Waals surface area contributed by atoms with Crippen molar-refractivity contribution in [3.8, 4) is 5.75 Å². The van der Waals surface area contributed by atoms with Crippen LogP contribution in [0.5, 0.6) is 5.75 Å². The first-order valence-corrected chi connectivity index (χ1v) is 12.3. The van der Waals surface area contributed by atoms with Gasteiger partial charge >= 0.3 is 0 Å². The molecular formula is C31H25ClN2O3. The summed E-state index contributed by atoms with van der Waals surface area (Å²) in [6.07, 6.45) is 1.71. The number of fused-ring (bicyclic) bond motifs is 1. The van der Waals surface area contributed by atoms with Gasteiger partial charge in [0.25, 0.3) is 11.8 Å². The molecule has 0 fully saturated rings. The number of aryl methyl sites for hydroxylation is 1. The molecule has 37 heavy (non-hydrogen) atoms. The van der Waals surface area contributed by atoms with E-state index in [4.69, 9.17) is 16.3 Å². The van der Waals surface area contributed by atoms with Gasteiger partial charge in [-0.15, -0.1) is 0 Å². The molecule has 6 heteroatoms. The van der Waals surface area contributed by atoms with Gasteiger partial charge in [0, 0.05) is 17.1 Å². The van der Waals surface area contributed by atoms with Crippen LogP contribution in [0.2, 0.25) is 5.02 Å². The second-order valence-electron chi connectivity index (χ2n) is 8.89. The summed E-state index contributed by atoms with van der Waals surface area (Å²) in [5.74, 6) is 0.452. The van der Waals surface area contributed by atoms with E-state index in [1.165, 1.54) is 0 Å². The molecule has 0 radical (unpaired) electrons. The highest BCUT2D eigenvalue weighted by Crippen LogP contribution is 2.36. The number of rotatable bonds is 6. The van der Waals surface area contributed by atoms with Crippen LogP contribution in [0, 0.1) is 6.92 Å². The average Bonchev–Trinajstić information content (AvgIpc) is 2.91. The molecule has 4 aromatic carbocycles. The minimum Gasteiger partial charge on any atom is -0.449 e. The minimum absolute atomic E-state index is 0.183. The molecule has 5 rings (SSSR count). The Morgan fingerprint density at radius 1 is 0.919 bits per heavy atom. The normalized spacial score (nSPS) is 13.7. The van der Waals surface area contributed by atoms with Crippen LogP contribution in [0.25, 0.3) is 6.08 Å². The third-order valence-corrected chi connectivity index (χ3v) is 6.34. The first-order valence-electron chi connectivity index (χ1n) is 11.9. The third-order valence-electron chi connectivity index (χ3n) is 6.09. The number of amides is 2. The van der Waals surface area contributed by atoms with Crippen molar-refractivity contribution in [2.75, 3.05) is 4.90 Å². The second kappa shape index (κ2) is 10.7. The summed E-state index contributed by atoms with van der Waals surface area (Å²) < 4.78 is 5.99. The zero-order valence-corrected chi connectivity index (χ0v) is 21.0. The van der Waals surface area contributed by atoms with Gasteiger partial charge in [-0.25, -0.2) is 0 Å². The largest absolute Gasteiger partial charge is 0.449 e. The SMILES string of the molecule is Cc1cccc(CN2C(=O)C(=Cc3ccc(C(=O)NCc4ccc(Cl)cc4)cc3)Oc3ccccc32)c1. The van der Waals surface area contributed by atoms with E-state index < -0.39 is 0 Å². The Bertz CT molecular complexity index is 1480. The fourth-order valence-electron chi connectivity index (χ4n) is 4.18. The first kappa shape index (κ1) is 24.3. The fourth-order valence-corrected chi connectivity index (χ4v) is 4.31. The maximum atomic E-state index is 13.5. The van der Waals surface area contributed by atoms with Crippen LogP contribution >= 0.6 is 11.6 Å². The average molecular weight is 509 g/mol. The lowest BCUT2D eigenvalue weighted by molar-refractivity contribution is -0.117. The van der Waals surface area contributed by atoms with Gasteiger partial charge in [-0.05, 0) is 66.1 Å². The third kappa shape index (κ3) is 5.74. The molecule has 0 saturated heterocycles. The first-order chi connectivity index (χ1) is 18.0. The van der Waals surface area contributed by atoms with E-state index in [2.05, 4.69) is 11.4 Å². The molecular weight excluding hydrogens is 484 g/mol. The molecule has 0 atom stereocenters. The van der Waals surface area contributed by atoms with Gasteiger partial charge < -0.3 is 10.1 Å². The van der Waals surface area contributed by atoms with Crippen molar-refractivity contribution in [2.24, 2.45) is 0 Å². The molecule has 0 aliphatic carbocycles. The number of halogens is 1. The van der Waals surface area contributed by atoms with Crippen molar-refractivity contribution >= 4 is 35.2 Å². The van der Waals surface area contributed by atoms with Crippen LogP contribution in [-0.4, -0.2) is 11.8 Å². The van der Waals surface area contributed by atoms with E-state index >= 15 is 0 Å². The predicted octanol–water partition coefficient (Wildman–Crippen LogP) is 6.55. The van der Waals surface area contributed by atoms with E-state index in [9.17, 15) is 9.59 Å². The van der Waals surface area contributed by atoms with Crippen LogP contribution in [0.4, 0.5) is 5.69 Å². The number of carbonyl (C=O) groups excluding carboxylic acids is 2. The molecule has 1 heterocycles. The smallest absolute Gasteiger partial charge is 0.294 e. The molecule has 0 unspecified atom stereocenters. The van der Waals surface area contributed by atoms with Gasteiger partial charge in [-0.3, -0.25) is 14.5 Å². The highest BCUT2D eigenvalue weighted by molar-refractivity contribution is 6.30. The van der Waals surface area contributed by atoms with Gasteiger partial charge in [0.1, 0.15) is 0 Å². The van der Waals surface area contributed by atoms with Crippen molar-refractivity contribution < 1.29 is 14.3 Å². The summed E-state index contributed by atoms with van der Waals surface area (Å²) in [6.45, 7) is 2.87. The summed E-state index contributed by atoms with van der Waals surface area (Å²) in [5, 5.41) is 3.56. The molecule has 184 valence electrons. The van der Waals surface area contributed by atoms with Crippen LogP contribution in [0.1, 0.15) is 32.6 Å². The zero-order chi connectivity index (χ0) is 25.8. The van der Waals surface area contributed by atoms with Crippen molar-refractivity contribution in [3.05, 3.63) is 136 Å². The van der Waals surface area contributed by atoms with Crippen LogP contribution in [0.15, 0.2) is 103 Å². The minimum atomic E-state index is -0.218. The van der Waals surface area contributed by atoms with Gasteiger partial charge in [0.05, 0.1) is 12.2 Å². The van der Waals surface area contributed by atoms with Crippen molar-refractivity contribution in [2.45, 2.75) is 20.0 Å². The van der Waals surface area contributed by atoms with Crippen molar-refractivity contribution in [3.63, 3.8) is 0 Å². The van der Waals surface area contributed by atoms with Crippen LogP contribution < -0.4 is 15.0 Å². The monoisotopic (exact) mass is 508 g/mol. The molecule has 0 spiro atoms. The van der Waals surface area contributed by atoms with Gasteiger partial charge in [0.15, 0.2) is 11.5 Å². The highest BCUT2D eigenvalue weighted by atomic mass is 35.5. The Hall–Kier alpha value is -4.35. The number of para-hydroxylation sites is 2. The number of carbonyl (C=O) groups is 2. The molecule has 2 amide bonds. The Balaban J connectivity index is 1.33. The van der Waals surface area contributed by atoms with E-state index in [0.29, 0.717) is 29.4 Å². The van der Waals surface area contributed by atoms with E-state index in [-0.39, 0.29) is 17.6 Å². The Morgan fingerprint density at radius 3 is 2.43 bits per heavy atom. The standard InChI is InChI=1S/C31H25ClN2O3/c1-21-5-4-6-24(17-21)20-34-27-7-2-3-8-28(27)37-29(31(34)36)18-22-9-13-25(14-10-22)30(35)33-19-23-11-15-26(32)16-12-23/h2-18H,19-20H2,1H3,(H,33,35). The van der Waals surface area contributed by atoms with Crippen molar-refractivity contribution in [1.29, 1.82) is 0 Å². The van der Waals surface area contributed by atoms with E-state index in [1.54, 1.807) is 47.4 Å². The summed E-state index contributed by atoms with van der Waals surface area (Å²) in [4.78, 5) is 27.8. The molecule has 1 aliphatic rings. The lowest BCUT2D eigenvalue weighted by atomic mass is 10.1. The van der Waals surface area contributed by atoms with E-state index in [0.717, 1.165) is 27.9 Å². The van der Waals surface area contributed by atoms with Crippen LogP contribution in [0.3, 0.4) is 0 Å². The van der Waals surface area contributed by atoms with Gasteiger partial charge in [0.2, 0.25) is 0 Å². The molecule has 1 aliphatic heterocycles. The summed E-state index contributed by atoms with van der Waals surface area (Å²) in [5.41, 5.74) is 5.16. The highest BCUT2D eigenvalue weighted by Gasteiger charge is 2.30. The quantitative estimate of drug-likeness (QED) is 0.301. The summed E-state index contributed by atoms with van der Waals surface area (Å²) >= 11 is 5.91. The van der Waals surface area contributed by atoms with Crippen LogP contribution in [-0.2, 0) is 17.9 Å². The number of anilines is 1. The molecule has 1 N–H and O–H groups in total. The fraction of sp³-hybridized carbons (Fsp3) is 0.0968. The molecule has 0 saturated carbocycles. The number of ether oxygens (including phenoxy) is 1. The summed E-state index contributed by atoms with van der Waals surface area (Å²) in [6, 6.07) is 30.0. The zero-order valence-electron chi connectivity index (χ0n) is 20.3. The second-order valence-corrected chi connectivity index (χ2v) is 9.33. The van der Waals surface area contributed by atoms with E-state index in [1.807, 2.05) is 61.5 Å². The number of nitrogens with zero attached hydrogens (tertiary/aromatic N) is 1. The van der Waals surface area contributed by atoms with Gasteiger partial charge in [-0.1, -0.05) is 77.8 Å². The molecule has 4 aromatic rings. The summed E-state index contributed by atoms with van der Waals surface area (Å²) in [7, 11) is 0. The Labute approximate surface area is 221 Å². The number of nitrogens with one attached hydrogen (secondary N) is 1. The molecule has 0 bridgehead atoms. The Kier molecular flexibility index (Phi) is 7.06. The van der Waals surface area contributed by atoms with Crippen molar-refractivity contribution in [1.82, 2.24) is 5.32 Å². The molecule has 0 aromatic heterocycles.